The second kappa shape index (κ2) is 5.61. The Bertz CT molecular complexity index is 366. The Labute approximate surface area is 98.8 Å². The van der Waals surface area contributed by atoms with E-state index in [1.807, 2.05) is 12.1 Å². The molecule has 1 rings (SSSR count). The molecule has 0 amide bonds. The van der Waals surface area contributed by atoms with Crippen molar-refractivity contribution in [2.75, 3.05) is 6.61 Å². The first-order chi connectivity index (χ1) is 7.55. The molecule has 0 bridgehead atoms. The van der Waals surface area contributed by atoms with Crippen LogP contribution in [0.15, 0.2) is 24.3 Å². The normalized spacial score (nSPS) is 10.9. The van der Waals surface area contributed by atoms with Gasteiger partial charge < -0.3 is 4.74 Å². The van der Waals surface area contributed by atoms with E-state index in [2.05, 4.69) is 38.8 Å². The van der Waals surface area contributed by atoms with E-state index in [0.717, 1.165) is 18.6 Å². The summed E-state index contributed by atoms with van der Waals surface area (Å²) in [6, 6.07) is 8.20. The minimum atomic E-state index is 0.114. The van der Waals surface area contributed by atoms with Crippen LogP contribution in [-0.4, -0.2) is 6.61 Å². The lowest BCUT2D eigenvalue weighted by molar-refractivity contribution is 0.304. The first-order valence-electron chi connectivity index (χ1n) is 5.71. The van der Waals surface area contributed by atoms with Gasteiger partial charge >= 0.3 is 0 Å². The summed E-state index contributed by atoms with van der Waals surface area (Å²) in [6.45, 7) is 7.27. The summed E-state index contributed by atoms with van der Waals surface area (Å²) in [5.41, 5.74) is 1.36. The lowest BCUT2D eigenvalue weighted by Gasteiger charge is -2.22. The number of benzene rings is 1. The SMILES string of the molecule is C#CCCCOc1ccccc1C(C)(C)C. The number of unbranched alkanes of at least 4 members (excludes halogenated alkanes) is 1. The number of ether oxygens (including phenoxy) is 1. The Morgan fingerprint density at radius 3 is 2.56 bits per heavy atom. The zero-order valence-electron chi connectivity index (χ0n) is 10.4. The van der Waals surface area contributed by atoms with Gasteiger partial charge in [0.25, 0.3) is 0 Å². The minimum Gasteiger partial charge on any atom is -0.493 e. The lowest BCUT2D eigenvalue weighted by Crippen LogP contribution is -2.13. The van der Waals surface area contributed by atoms with Crippen molar-refractivity contribution in [1.82, 2.24) is 0 Å². The van der Waals surface area contributed by atoms with Crippen LogP contribution in [0.4, 0.5) is 0 Å². The molecule has 0 fully saturated rings. The zero-order chi connectivity index (χ0) is 12.0. The summed E-state index contributed by atoms with van der Waals surface area (Å²) in [5.74, 6) is 3.60. The fraction of sp³-hybridized carbons (Fsp3) is 0.467. The largest absolute Gasteiger partial charge is 0.493 e. The third-order valence-corrected chi connectivity index (χ3v) is 2.42. The summed E-state index contributed by atoms with van der Waals surface area (Å²) in [5, 5.41) is 0. The van der Waals surface area contributed by atoms with Crippen LogP contribution < -0.4 is 4.74 Å². The smallest absolute Gasteiger partial charge is 0.123 e. The molecule has 0 aliphatic carbocycles. The Morgan fingerprint density at radius 1 is 1.25 bits per heavy atom. The van der Waals surface area contributed by atoms with E-state index in [0.29, 0.717) is 6.61 Å². The van der Waals surface area contributed by atoms with Crippen molar-refractivity contribution in [1.29, 1.82) is 0 Å². The fourth-order valence-electron chi connectivity index (χ4n) is 1.57. The van der Waals surface area contributed by atoms with Gasteiger partial charge in [-0.05, 0) is 23.5 Å². The molecule has 0 radical (unpaired) electrons. The summed E-state index contributed by atoms with van der Waals surface area (Å²) >= 11 is 0. The number of hydrogen-bond acceptors (Lipinski definition) is 1. The van der Waals surface area contributed by atoms with Gasteiger partial charge in [0, 0.05) is 6.42 Å². The molecule has 0 aromatic heterocycles. The third-order valence-electron chi connectivity index (χ3n) is 2.42. The van der Waals surface area contributed by atoms with Gasteiger partial charge in [-0.15, -0.1) is 12.3 Å². The molecule has 0 N–H and O–H groups in total. The van der Waals surface area contributed by atoms with Crippen LogP contribution in [0, 0.1) is 12.3 Å². The van der Waals surface area contributed by atoms with Crippen LogP contribution in [0.1, 0.15) is 39.2 Å². The maximum absolute atomic E-state index is 5.77. The molecule has 1 aromatic rings. The first-order valence-corrected chi connectivity index (χ1v) is 5.71. The second-order valence-corrected chi connectivity index (χ2v) is 4.90. The van der Waals surface area contributed by atoms with E-state index in [-0.39, 0.29) is 5.41 Å². The monoisotopic (exact) mass is 216 g/mol. The molecule has 0 atom stereocenters. The average molecular weight is 216 g/mol. The van der Waals surface area contributed by atoms with Crippen molar-refractivity contribution in [3.05, 3.63) is 29.8 Å². The van der Waals surface area contributed by atoms with Crippen molar-refractivity contribution in [2.24, 2.45) is 0 Å². The molecule has 86 valence electrons. The molecule has 0 saturated heterocycles. The Balaban J connectivity index is 2.69. The number of terminal acetylenes is 1. The van der Waals surface area contributed by atoms with Gasteiger partial charge in [0.2, 0.25) is 0 Å². The fourth-order valence-corrected chi connectivity index (χ4v) is 1.57. The molecule has 16 heavy (non-hydrogen) atoms. The molecule has 0 spiro atoms. The van der Waals surface area contributed by atoms with Crippen molar-refractivity contribution in [2.45, 2.75) is 39.0 Å². The van der Waals surface area contributed by atoms with Crippen molar-refractivity contribution < 1.29 is 4.74 Å². The van der Waals surface area contributed by atoms with Crippen LogP contribution >= 0.6 is 0 Å². The van der Waals surface area contributed by atoms with Crippen LogP contribution in [0.25, 0.3) is 0 Å². The maximum atomic E-state index is 5.77. The Morgan fingerprint density at radius 2 is 1.94 bits per heavy atom. The molecule has 0 saturated carbocycles. The van der Waals surface area contributed by atoms with Gasteiger partial charge in [0.15, 0.2) is 0 Å². The molecule has 1 heteroatoms. The zero-order valence-corrected chi connectivity index (χ0v) is 10.4. The van der Waals surface area contributed by atoms with E-state index in [1.165, 1.54) is 5.56 Å². The second-order valence-electron chi connectivity index (χ2n) is 4.90. The van der Waals surface area contributed by atoms with Gasteiger partial charge in [-0.2, -0.15) is 0 Å². The standard InChI is InChI=1S/C15H20O/c1-5-6-9-12-16-14-11-8-7-10-13(14)15(2,3)4/h1,7-8,10-11H,6,9,12H2,2-4H3. The van der Waals surface area contributed by atoms with Crippen LogP contribution in [0.5, 0.6) is 5.75 Å². The summed E-state index contributed by atoms with van der Waals surface area (Å²) < 4.78 is 5.77. The molecule has 1 nitrogen and oxygen atoms in total. The predicted molar refractivity (Wildman–Crippen MR) is 68.7 cm³/mol. The third kappa shape index (κ3) is 3.62. The molecule has 0 heterocycles. The highest BCUT2D eigenvalue weighted by atomic mass is 16.5. The topological polar surface area (TPSA) is 9.23 Å². The highest BCUT2D eigenvalue weighted by Crippen LogP contribution is 2.30. The van der Waals surface area contributed by atoms with Gasteiger partial charge in [-0.3, -0.25) is 0 Å². The van der Waals surface area contributed by atoms with Gasteiger partial charge in [0.05, 0.1) is 6.61 Å². The van der Waals surface area contributed by atoms with Crippen LogP contribution in [0.2, 0.25) is 0 Å². The molecule has 1 aromatic carbocycles. The maximum Gasteiger partial charge on any atom is 0.123 e. The van der Waals surface area contributed by atoms with Gasteiger partial charge in [-0.1, -0.05) is 39.0 Å². The predicted octanol–water partition coefficient (Wildman–Crippen LogP) is 3.78. The summed E-state index contributed by atoms with van der Waals surface area (Å²) in [7, 11) is 0. The average Bonchev–Trinajstić information content (AvgIpc) is 2.24. The molecule has 0 aliphatic heterocycles. The lowest BCUT2D eigenvalue weighted by atomic mass is 9.86. The van der Waals surface area contributed by atoms with Crippen molar-refractivity contribution >= 4 is 0 Å². The van der Waals surface area contributed by atoms with Crippen LogP contribution in [-0.2, 0) is 5.41 Å². The number of rotatable bonds is 4. The van der Waals surface area contributed by atoms with E-state index in [4.69, 9.17) is 11.2 Å². The van der Waals surface area contributed by atoms with E-state index in [9.17, 15) is 0 Å². The van der Waals surface area contributed by atoms with Gasteiger partial charge in [0.1, 0.15) is 5.75 Å². The molecular weight excluding hydrogens is 196 g/mol. The Kier molecular flexibility index (Phi) is 4.43. The quantitative estimate of drug-likeness (QED) is 0.550. The summed E-state index contributed by atoms with van der Waals surface area (Å²) in [6.07, 6.45) is 6.89. The first kappa shape index (κ1) is 12.6. The van der Waals surface area contributed by atoms with E-state index < -0.39 is 0 Å². The molecule has 0 aliphatic rings. The summed E-state index contributed by atoms with van der Waals surface area (Å²) in [4.78, 5) is 0. The van der Waals surface area contributed by atoms with E-state index >= 15 is 0 Å². The van der Waals surface area contributed by atoms with Crippen molar-refractivity contribution in [3.63, 3.8) is 0 Å². The van der Waals surface area contributed by atoms with E-state index in [1.54, 1.807) is 0 Å². The number of hydrogen-bond donors (Lipinski definition) is 0. The molecular formula is C15H20O. The molecule has 0 unspecified atom stereocenters. The highest BCUT2D eigenvalue weighted by Gasteiger charge is 2.17. The van der Waals surface area contributed by atoms with Gasteiger partial charge in [-0.25, -0.2) is 0 Å². The Hall–Kier alpha value is -1.42. The van der Waals surface area contributed by atoms with Crippen molar-refractivity contribution in [3.8, 4) is 18.1 Å². The highest BCUT2D eigenvalue weighted by molar-refractivity contribution is 5.38. The minimum absolute atomic E-state index is 0.114. The number of para-hydroxylation sites is 1. The van der Waals surface area contributed by atoms with Crippen LogP contribution in [0.3, 0.4) is 0 Å².